The van der Waals surface area contributed by atoms with E-state index >= 15 is 0 Å². The van der Waals surface area contributed by atoms with E-state index in [0.29, 0.717) is 11.7 Å². The average Bonchev–Trinajstić information content (AvgIpc) is 3.02. The highest BCUT2D eigenvalue weighted by Gasteiger charge is 2.27. The van der Waals surface area contributed by atoms with Crippen molar-refractivity contribution in [1.29, 1.82) is 0 Å². The quantitative estimate of drug-likeness (QED) is 0.621. The van der Waals surface area contributed by atoms with Gasteiger partial charge >= 0.3 is 0 Å². The fraction of sp³-hybridized carbons (Fsp3) is 0.435. The number of hydrogen-bond donors (Lipinski definition) is 1. The molecule has 0 bridgehead atoms. The van der Waals surface area contributed by atoms with Gasteiger partial charge in [0, 0.05) is 11.4 Å². The standard InChI is InChI=1S/C23H25N3O2S2/c27-20-18(12-6-7-13-24-20)30-23-25-21-19(16-10-4-5-11-17(16)29-21)22(28)26(23)14-15-8-2-1-3-9-15/h1-3,8-9,18H,4-7,10-14H2,(H,24,27)/t18-/m1/s1. The van der Waals surface area contributed by atoms with E-state index in [1.807, 2.05) is 30.3 Å². The Morgan fingerprint density at radius 2 is 1.93 bits per heavy atom. The summed E-state index contributed by atoms with van der Waals surface area (Å²) in [5.74, 6) is 0.0589. The predicted octanol–water partition coefficient (Wildman–Crippen LogP) is 4.15. The van der Waals surface area contributed by atoms with Crippen LogP contribution in [0.5, 0.6) is 0 Å². The van der Waals surface area contributed by atoms with Crippen molar-refractivity contribution in [3.8, 4) is 0 Å². The number of rotatable bonds is 4. The largest absolute Gasteiger partial charge is 0.355 e. The first-order valence-electron chi connectivity index (χ1n) is 10.7. The molecule has 0 spiro atoms. The van der Waals surface area contributed by atoms with Crippen molar-refractivity contribution in [3.63, 3.8) is 0 Å². The number of carbonyl (C=O) groups is 1. The number of fused-ring (bicyclic) bond motifs is 3. The van der Waals surface area contributed by atoms with E-state index in [9.17, 15) is 9.59 Å². The zero-order valence-electron chi connectivity index (χ0n) is 16.9. The van der Waals surface area contributed by atoms with E-state index < -0.39 is 0 Å². The SMILES string of the molecule is O=C1NCCCC[C@H]1Sc1nc2sc3c(c2c(=O)n1Cc1ccccc1)CCCC3. The number of nitrogens with zero attached hydrogens (tertiary/aromatic N) is 2. The zero-order chi connectivity index (χ0) is 20.5. The summed E-state index contributed by atoms with van der Waals surface area (Å²) in [5, 5.41) is 4.27. The first-order valence-corrected chi connectivity index (χ1v) is 12.4. The Hall–Kier alpha value is -2.12. The van der Waals surface area contributed by atoms with Crippen LogP contribution in [0.3, 0.4) is 0 Å². The Bertz CT molecular complexity index is 1140. The highest BCUT2D eigenvalue weighted by Crippen LogP contribution is 2.36. The van der Waals surface area contributed by atoms with E-state index in [0.717, 1.165) is 60.8 Å². The molecule has 0 radical (unpaired) electrons. The number of thiophene rings is 1. The van der Waals surface area contributed by atoms with E-state index in [-0.39, 0.29) is 16.7 Å². The molecule has 5 nitrogen and oxygen atoms in total. The Morgan fingerprint density at radius 1 is 1.10 bits per heavy atom. The van der Waals surface area contributed by atoms with Crippen molar-refractivity contribution >= 4 is 39.2 Å². The average molecular weight is 440 g/mol. The first kappa shape index (κ1) is 19.8. The fourth-order valence-corrected chi connectivity index (χ4v) is 6.82. The van der Waals surface area contributed by atoms with Gasteiger partial charge in [0.1, 0.15) is 4.83 Å². The van der Waals surface area contributed by atoms with E-state index in [1.54, 1.807) is 15.9 Å². The smallest absolute Gasteiger partial charge is 0.263 e. The number of aryl methyl sites for hydroxylation is 2. The summed E-state index contributed by atoms with van der Waals surface area (Å²) in [6, 6.07) is 10.0. The van der Waals surface area contributed by atoms with Crippen LogP contribution in [-0.2, 0) is 24.2 Å². The summed E-state index contributed by atoms with van der Waals surface area (Å²) < 4.78 is 1.79. The Kier molecular flexibility index (Phi) is 5.65. The monoisotopic (exact) mass is 439 g/mol. The van der Waals surface area contributed by atoms with Crippen LogP contribution in [0.4, 0.5) is 0 Å². The lowest BCUT2D eigenvalue weighted by Crippen LogP contribution is -2.32. The van der Waals surface area contributed by atoms with Crippen LogP contribution in [0.25, 0.3) is 10.2 Å². The number of hydrogen-bond acceptors (Lipinski definition) is 5. The first-order chi connectivity index (χ1) is 14.7. The Morgan fingerprint density at radius 3 is 2.80 bits per heavy atom. The Labute approximate surface area is 183 Å². The van der Waals surface area contributed by atoms with Crippen molar-refractivity contribution in [3.05, 3.63) is 56.7 Å². The van der Waals surface area contributed by atoms with Gasteiger partial charge in [-0.15, -0.1) is 11.3 Å². The maximum Gasteiger partial charge on any atom is 0.263 e. The molecule has 5 rings (SSSR count). The molecule has 3 heterocycles. The van der Waals surface area contributed by atoms with Crippen molar-refractivity contribution < 1.29 is 4.79 Å². The second-order valence-electron chi connectivity index (χ2n) is 8.06. The Balaban J connectivity index is 1.62. The van der Waals surface area contributed by atoms with Crippen LogP contribution in [0.1, 0.15) is 48.1 Å². The van der Waals surface area contributed by atoms with Crippen LogP contribution in [0.2, 0.25) is 0 Å². The topological polar surface area (TPSA) is 64.0 Å². The van der Waals surface area contributed by atoms with Crippen molar-refractivity contribution in [2.75, 3.05) is 6.54 Å². The van der Waals surface area contributed by atoms with Crippen LogP contribution >= 0.6 is 23.1 Å². The third kappa shape index (κ3) is 3.81. The second-order valence-corrected chi connectivity index (χ2v) is 10.3. The summed E-state index contributed by atoms with van der Waals surface area (Å²) in [4.78, 5) is 33.4. The maximum absolute atomic E-state index is 13.7. The third-order valence-corrected chi connectivity index (χ3v) is 8.40. The number of thioether (sulfide) groups is 1. The van der Waals surface area contributed by atoms with Crippen LogP contribution < -0.4 is 10.9 Å². The second kappa shape index (κ2) is 8.55. The minimum Gasteiger partial charge on any atom is -0.355 e. The van der Waals surface area contributed by atoms with Gasteiger partial charge in [-0.3, -0.25) is 14.2 Å². The van der Waals surface area contributed by atoms with Crippen LogP contribution in [0.15, 0.2) is 40.3 Å². The minimum atomic E-state index is -0.200. The van der Waals surface area contributed by atoms with E-state index in [2.05, 4.69) is 5.32 Å². The minimum absolute atomic E-state index is 0.0415. The highest BCUT2D eigenvalue weighted by molar-refractivity contribution is 8.00. The van der Waals surface area contributed by atoms with Crippen molar-refractivity contribution in [1.82, 2.24) is 14.9 Å². The molecular weight excluding hydrogens is 414 g/mol. The molecule has 0 unspecified atom stereocenters. The van der Waals surface area contributed by atoms with Crippen molar-refractivity contribution in [2.24, 2.45) is 0 Å². The van der Waals surface area contributed by atoms with Gasteiger partial charge in [-0.1, -0.05) is 48.5 Å². The summed E-state index contributed by atoms with van der Waals surface area (Å²) in [5.41, 5.74) is 2.32. The van der Waals surface area contributed by atoms with Gasteiger partial charge < -0.3 is 5.32 Å². The van der Waals surface area contributed by atoms with Gasteiger partial charge in [-0.25, -0.2) is 4.98 Å². The van der Waals surface area contributed by atoms with Gasteiger partial charge in [0.15, 0.2) is 5.16 Å². The molecule has 30 heavy (non-hydrogen) atoms. The molecule has 2 aromatic heterocycles. The molecule has 1 aromatic carbocycles. The highest BCUT2D eigenvalue weighted by atomic mass is 32.2. The number of carbonyl (C=O) groups excluding carboxylic acids is 1. The van der Waals surface area contributed by atoms with Gasteiger partial charge in [-0.05, 0) is 49.7 Å². The third-order valence-electron chi connectivity index (χ3n) is 5.96. The molecule has 3 aromatic rings. The molecule has 2 aliphatic rings. The lowest BCUT2D eigenvalue weighted by atomic mass is 9.97. The number of benzene rings is 1. The summed E-state index contributed by atoms with van der Waals surface area (Å²) in [7, 11) is 0. The zero-order valence-corrected chi connectivity index (χ0v) is 18.5. The molecule has 1 aliphatic carbocycles. The number of aromatic nitrogens is 2. The molecule has 1 N–H and O–H groups in total. The van der Waals surface area contributed by atoms with Gasteiger partial charge in [0.05, 0.1) is 17.2 Å². The lowest BCUT2D eigenvalue weighted by molar-refractivity contribution is -0.120. The molecule has 0 saturated carbocycles. The van der Waals surface area contributed by atoms with Crippen molar-refractivity contribution in [2.45, 2.75) is 61.9 Å². The van der Waals surface area contributed by atoms with Gasteiger partial charge in [-0.2, -0.15) is 0 Å². The summed E-state index contributed by atoms with van der Waals surface area (Å²) in [6.07, 6.45) is 7.16. The molecule has 1 aliphatic heterocycles. The molecule has 1 amide bonds. The van der Waals surface area contributed by atoms with E-state index in [1.165, 1.54) is 28.6 Å². The lowest BCUT2D eigenvalue weighted by Gasteiger charge is -2.17. The molecule has 1 saturated heterocycles. The van der Waals surface area contributed by atoms with Crippen LogP contribution in [-0.4, -0.2) is 27.3 Å². The van der Waals surface area contributed by atoms with Crippen LogP contribution in [0, 0.1) is 0 Å². The maximum atomic E-state index is 13.7. The van der Waals surface area contributed by atoms with Gasteiger partial charge in [0.25, 0.3) is 5.56 Å². The number of nitrogens with one attached hydrogen (secondary N) is 1. The summed E-state index contributed by atoms with van der Waals surface area (Å²) >= 11 is 3.12. The van der Waals surface area contributed by atoms with E-state index in [4.69, 9.17) is 4.98 Å². The fourth-order valence-electron chi connectivity index (χ4n) is 4.37. The summed E-state index contributed by atoms with van der Waals surface area (Å²) in [6.45, 7) is 1.21. The number of amides is 1. The van der Waals surface area contributed by atoms with Gasteiger partial charge in [0.2, 0.25) is 5.91 Å². The molecule has 1 fully saturated rings. The molecule has 7 heteroatoms. The predicted molar refractivity (Wildman–Crippen MR) is 123 cm³/mol. The molecular formula is C23H25N3O2S2. The molecule has 1 atom stereocenters. The molecule has 156 valence electrons. The normalized spacial score (nSPS) is 19.3.